The van der Waals surface area contributed by atoms with Crippen LogP contribution in [0.2, 0.25) is 5.02 Å². The van der Waals surface area contributed by atoms with Crippen LogP contribution in [0.3, 0.4) is 0 Å². The Morgan fingerprint density at radius 2 is 1.93 bits per heavy atom. The predicted octanol–water partition coefficient (Wildman–Crippen LogP) is 5.01. The average Bonchev–Trinajstić information content (AvgIpc) is 3.89. The van der Waals surface area contributed by atoms with E-state index >= 15 is 0 Å². The largest absolute Gasteiger partial charge is 0.490 e. The lowest BCUT2D eigenvalue weighted by molar-refractivity contribution is -0.139. The zero-order valence-electron chi connectivity index (χ0n) is 22.6. The number of hydrogen-bond donors (Lipinski definition) is 3. The molecule has 41 heavy (non-hydrogen) atoms. The fourth-order valence-electron chi connectivity index (χ4n) is 4.76. The first-order chi connectivity index (χ1) is 19.7. The molecular formula is C30H34ClN3O6S. The van der Waals surface area contributed by atoms with Crippen molar-refractivity contribution in [2.24, 2.45) is 5.73 Å². The van der Waals surface area contributed by atoms with Gasteiger partial charge in [-0.15, -0.1) is 0 Å². The van der Waals surface area contributed by atoms with E-state index in [1.54, 1.807) is 12.3 Å². The lowest BCUT2D eigenvalue weighted by atomic mass is 9.96. The minimum Gasteiger partial charge on any atom is -0.490 e. The first-order valence-electron chi connectivity index (χ1n) is 13.8. The predicted molar refractivity (Wildman–Crippen MR) is 155 cm³/mol. The molecule has 0 radical (unpaired) electrons. The zero-order valence-corrected chi connectivity index (χ0v) is 24.2. The van der Waals surface area contributed by atoms with Crippen molar-refractivity contribution in [3.63, 3.8) is 0 Å². The van der Waals surface area contributed by atoms with Crippen LogP contribution in [0.5, 0.6) is 5.75 Å². The number of unbranched alkanes of at least 4 members (excludes halogenated alkanes) is 1. The molecule has 2 aromatic carbocycles. The SMILES string of the molecule is NCCCCC(NS(=O)(=O)c1ccc(COC2(c3cnccc3-c3ccccc3OC3CC3)CC2)c(Cl)c1)C(=O)O. The fourth-order valence-corrected chi connectivity index (χ4v) is 6.31. The molecule has 0 spiro atoms. The third-order valence-electron chi connectivity index (χ3n) is 7.39. The highest BCUT2D eigenvalue weighted by molar-refractivity contribution is 7.89. The summed E-state index contributed by atoms with van der Waals surface area (Å²) in [6, 6.07) is 13.0. The van der Waals surface area contributed by atoms with Crippen molar-refractivity contribution in [3.8, 4) is 16.9 Å². The molecule has 4 N–H and O–H groups in total. The summed E-state index contributed by atoms with van der Waals surface area (Å²) in [5.74, 6) is -0.399. The van der Waals surface area contributed by atoms with Crippen LogP contribution in [0.15, 0.2) is 65.8 Å². The van der Waals surface area contributed by atoms with Crippen molar-refractivity contribution in [3.05, 3.63) is 77.1 Å². The molecule has 9 nitrogen and oxygen atoms in total. The van der Waals surface area contributed by atoms with Crippen LogP contribution in [0.4, 0.5) is 0 Å². The Hall–Kier alpha value is -3.02. The van der Waals surface area contributed by atoms with E-state index in [-0.39, 0.29) is 29.0 Å². The normalized spacial score (nSPS) is 16.7. The molecule has 1 heterocycles. The van der Waals surface area contributed by atoms with Gasteiger partial charge in [0.2, 0.25) is 10.0 Å². The quantitative estimate of drug-likeness (QED) is 0.207. The highest BCUT2D eigenvalue weighted by Gasteiger charge is 2.48. The smallest absolute Gasteiger partial charge is 0.321 e. The van der Waals surface area contributed by atoms with Gasteiger partial charge >= 0.3 is 5.97 Å². The third kappa shape index (κ3) is 7.07. The van der Waals surface area contributed by atoms with E-state index < -0.39 is 27.6 Å². The topological polar surface area (TPSA) is 141 Å². The second-order valence-corrected chi connectivity index (χ2v) is 12.7. The van der Waals surface area contributed by atoms with Crippen molar-refractivity contribution in [2.45, 2.75) is 74.2 Å². The third-order valence-corrected chi connectivity index (χ3v) is 9.21. The highest BCUT2D eigenvalue weighted by atomic mass is 35.5. The number of aliphatic carboxylic acids is 1. The Kier molecular flexibility index (Phi) is 8.96. The van der Waals surface area contributed by atoms with E-state index in [1.165, 1.54) is 12.1 Å². The van der Waals surface area contributed by atoms with E-state index in [9.17, 15) is 18.3 Å². The molecule has 2 aliphatic carbocycles. The van der Waals surface area contributed by atoms with Gasteiger partial charge in [-0.1, -0.05) is 42.3 Å². The maximum atomic E-state index is 12.9. The number of nitrogens with two attached hydrogens (primary N) is 1. The van der Waals surface area contributed by atoms with Crippen molar-refractivity contribution in [1.29, 1.82) is 0 Å². The van der Waals surface area contributed by atoms with Crippen LogP contribution in [0.25, 0.3) is 11.1 Å². The number of carboxylic acid groups (broad SMARTS) is 1. The number of ether oxygens (including phenoxy) is 2. The summed E-state index contributed by atoms with van der Waals surface area (Å²) < 4.78 is 40.7. The highest BCUT2D eigenvalue weighted by Crippen LogP contribution is 2.53. The molecule has 11 heteroatoms. The van der Waals surface area contributed by atoms with Crippen molar-refractivity contribution in [1.82, 2.24) is 9.71 Å². The van der Waals surface area contributed by atoms with Crippen molar-refractivity contribution >= 4 is 27.6 Å². The Bertz CT molecular complexity index is 1510. The number of aromatic nitrogens is 1. The van der Waals surface area contributed by atoms with Crippen molar-refractivity contribution in [2.75, 3.05) is 6.54 Å². The summed E-state index contributed by atoms with van der Waals surface area (Å²) in [6.45, 7) is 0.571. The molecule has 2 aliphatic rings. The number of sulfonamides is 1. The Morgan fingerprint density at radius 1 is 1.15 bits per heavy atom. The Labute approximate surface area is 245 Å². The lowest BCUT2D eigenvalue weighted by Crippen LogP contribution is -2.40. The Balaban J connectivity index is 1.31. The number of carbonyl (C=O) groups is 1. The van der Waals surface area contributed by atoms with Crippen LogP contribution in [0, 0.1) is 0 Å². The minimum atomic E-state index is -4.11. The number of rotatable bonds is 15. The van der Waals surface area contributed by atoms with Crippen LogP contribution in [0.1, 0.15) is 56.1 Å². The second-order valence-electron chi connectivity index (χ2n) is 10.6. The molecular weight excluding hydrogens is 566 g/mol. The van der Waals surface area contributed by atoms with Gasteiger partial charge < -0.3 is 20.3 Å². The van der Waals surface area contributed by atoms with Gasteiger partial charge in [0.05, 0.1) is 23.2 Å². The average molecular weight is 600 g/mol. The first-order valence-corrected chi connectivity index (χ1v) is 15.7. The maximum absolute atomic E-state index is 12.9. The molecule has 0 aliphatic heterocycles. The number of para-hydroxylation sites is 1. The van der Waals surface area contributed by atoms with Crippen LogP contribution < -0.4 is 15.2 Å². The summed E-state index contributed by atoms with van der Waals surface area (Å²) in [5.41, 5.74) is 8.53. The fraction of sp³-hybridized carbons (Fsp3) is 0.400. The van der Waals surface area contributed by atoms with Crippen molar-refractivity contribution < 1.29 is 27.8 Å². The minimum absolute atomic E-state index is 0.112. The molecule has 2 fully saturated rings. The van der Waals surface area contributed by atoms with Gasteiger partial charge in [0, 0.05) is 28.5 Å². The van der Waals surface area contributed by atoms with Gasteiger partial charge in [0.15, 0.2) is 0 Å². The summed E-state index contributed by atoms with van der Waals surface area (Å²) in [4.78, 5) is 15.9. The van der Waals surface area contributed by atoms with Gasteiger partial charge in [0.1, 0.15) is 11.8 Å². The molecule has 0 bridgehead atoms. The monoisotopic (exact) mass is 599 g/mol. The van der Waals surface area contributed by atoms with Crippen LogP contribution >= 0.6 is 11.6 Å². The van der Waals surface area contributed by atoms with Gasteiger partial charge in [-0.05, 0) is 80.5 Å². The maximum Gasteiger partial charge on any atom is 0.321 e. The van der Waals surface area contributed by atoms with Crippen LogP contribution in [-0.2, 0) is 31.8 Å². The van der Waals surface area contributed by atoms with Gasteiger partial charge in [-0.3, -0.25) is 9.78 Å². The molecule has 0 amide bonds. The van der Waals surface area contributed by atoms with E-state index in [1.807, 2.05) is 36.5 Å². The number of hydrogen-bond acceptors (Lipinski definition) is 7. The summed E-state index contributed by atoms with van der Waals surface area (Å²) in [5, 5.41) is 9.68. The summed E-state index contributed by atoms with van der Waals surface area (Å²) in [7, 11) is -4.11. The van der Waals surface area contributed by atoms with E-state index in [0.717, 1.165) is 48.1 Å². The number of benzene rings is 2. The summed E-state index contributed by atoms with van der Waals surface area (Å²) in [6.07, 6.45) is 8.86. The zero-order chi connectivity index (χ0) is 29.0. The first kappa shape index (κ1) is 29.5. The second kappa shape index (κ2) is 12.5. The molecule has 1 atom stereocenters. The molecule has 0 saturated heterocycles. The number of nitrogens with zero attached hydrogens (tertiary/aromatic N) is 1. The molecule has 218 valence electrons. The summed E-state index contributed by atoms with van der Waals surface area (Å²) >= 11 is 6.50. The van der Waals surface area contributed by atoms with Gasteiger partial charge in [0.25, 0.3) is 0 Å². The molecule has 1 aromatic heterocycles. The van der Waals surface area contributed by atoms with Crippen LogP contribution in [-0.4, -0.2) is 43.2 Å². The number of pyridine rings is 1. The standard InChI is InChI=1S/C30H34ClN3O6S/c31-26-17-22(41(37,38)34-27(29(35)36)6-3-4-15-32)11-8-20(26)19-39-30(13-14-30)25-18-33-16-12-23(25)24-5-1-2-7-28(24)40-21-9-10-21/h1-2,5,7-8,11-12,16-18,21,27,34H,3-4,6,9-10,13-15,19,32H2,(H,35,36). The molecule has 2 saturated carbocycles. The number of nitrogens with one attached hydrogen (secondary N) is 1. The molecule has 3 aromatic rings. The molecule has 1 unspecified atom stereocenters. The van der Waals surface area contributed by atoms with E-state index in [2.05, 4.69) is 9.71 Å². The number of halogens is 1. The van der Waals surface area contributed by atoms with E-state index in [0.29, 0.717) is 24.9 Å². The van der Waals surface area contributed by atoms with Gasteiger partial charge in [-0.2, -0.15) is 4.72 Å². The Morgan fingerprint density at radius 3 is 2.61 bits per heavy atom. The van der Waals surface area contributed by atoms with E-state index in [4.69, 9.17) is 26.8 Å². The molecule has 5 rings (SSSR count). The lowest BCUT2D eigenvalue weighted by Gasteiger charge is -2.22. The number of carboxylic acids is 1. The van der Waals surface area contributed by atoms with Gasteiger partial charge in [-0.25, -0.2) is 8.42 Å².